The molecule has 1 heterocycles. The third-order valence-electron chi connectivity index (χ3n) is 4.19. The number of aryl methyl sites for hydroxylation is 1. The maximum Gasteiger partial charge on any atom is 0.309 e. The molecule has 1 saturated heterocycles. The molecule has 0 radical (unpaired) electrons. The fourth-order valence-electron chi connectivity index (χ4n) is 2.75. The van der Waals surface area contributed by atoms with E-state index in [-0.39, 0.29) is 17.8 Å². The van der Waals surface area contributed by atoms with Crippen molar-refractivity contribution in [2.75, 3.05) is 26.2 Å². The first kappa shape index (κ1) is 17.5. The van der Waals surface area contributed by atoms with Crippen LogP contribution in [0.15, 0.2) is 24.3 Å². The fourth-order valence-corrected chi connectivity index (χ4v) is 2.75. The van der Waals surface area contributed by atoms with Crippen LogP contribution in [0, 0.1) is 12.8 Å². The van der Waals surface area contributed by atoms with E-state index in [2.05, 4.69) is 10.2 Å². The summed E-state index contributed by atoms with van der Waals surface area (Å²) in [6, 6.07) is 8.14. The van der Waals surface area contributed by atoms with E-state index in [4.69, 9.17) is 4.74 Å². The predicted octanol–water partition coefficient (Wildman–Crippen LogP) is 1.89. The number of hydrogen-bond acceptors (Lipinski definition) is 4. The highest BCUT2D eigenvalue weighted by molar-refractivity contribution is 5.78. The first-order valence-corrected chi connectivity index (χ1v) is 8.29. The number of esters is 1. The maximum atomic E-state index is 12.0. The van der Waals surface area contributed by atoms with Crippen molar-refractivity contribution in [3.63, 3.8) is 0 Å². The minimum Gasteiger partial charge on any atom is -0.466 e. The lowest BCUT2D eigenvalue weighted by Crippen LogP contribution is -2.42. The van der Waals surface area contributed by atoms with E-state index in [1.807, 2.05) is 38.1 Å². The van der Waals surface area contributed by atoms with Crippen molar-refractivity contribution in [3.8, 4) is 0 Å². The van der Waals surface area contributed by atoms with E-state index in [0.717, 1.165) is 31.5 Å². The van der Waals surface area contributed by atoms with Crippen molar-refractivity contribution in [2.24, 2.45) is 5.92 Å². The molecule has 1 aromatic carbocycles. The molecule has 0 bridgehead atoms. The van der Waals surface area contributed by atoms with Crippen LogP contribution in [0.25, 0.3) is 0 Å². The van der Waals surface area contributed by atoms with Crippen LogP contribution in [-0.4, -0.2) is 43.0 Å². The topological polar surface area (TPSA) is 58.6 Å². The number of benzene rings is 1. The van der Waals surface area contributed by atoms with Gasteiger partial charge in [0.25, 0.3) is 0 Å². The van der Waals surface area contributed by atoms with Gasteiger partial charge in [0.05, 0.1) is 19.1 Å². The van der Waals surface area contributed by atoms with E-state index < -0.39 is 0 Å². The SMILES string of the molecule is CCOC(=O)C1CCN(CC(=O)NCc2ccc(C)cc2)CC1. The van der Waals surface area contributed by atoms with E-state index in [9.17, 15) is 9.59 Å². The Morgan fingerprint density at radius 2 is 1.87 bits per heavy atom. The number of nitrogens with one attached hydrogen (secondary N) is 1. The van der Waals surface area contributed by atoms with E-state index in [1.54, 1.807) is 0 Å². The summed E-state index contributed by atoms with van der Waals surface area (Å²) in [5.74, 6) is -0.0852. The molecule has 1 amide bonds. The van der Waals surface area contributed by atoms with Crippen molar-refractivity contribution in [1.82, 2.24) is 10.2 Å². The highest BCUT2D eigenvalue weighted by Crippen LogP contribution is 2.18. The van der Waals surface area contributed by atoms with Gasteiger partial charge >= 0.3 is 5.97 Å². The smallest absolute Gasteiger partial charge is 0.309 e. The molecule has 0 atom stereocenters. The second kappa shape index (κ2) is 8.67. The molecule has 0 aliphatic carbocycles. The minimum absolute atomic E-state index is 0.0122. The molecule has 2 rings (SSSR count). The first-order valence-electron chi connectivity index (χ1n) is 8.29. The number of ether oxygens (including phenoxy) is 1. The lowest BCUT2D eigenvalue weighted by atomic mass is 9.97. The molecule has 1 aliphatic heterocycles. The normalized spacial score (nSPS) is 16.1. The number of carbonyl (C=O) groups is 2. The Morgan fingerprint density at radius 3 is 2.48 bits per heavy atom. The number of likely N-dealkylation sites (tertiary alicyclic amines) is 1. The molecule has 1 N–H and O–H groups in total. The van der Waals surface area contributed by atoms with Crippen molar-refractivity contribution >= 4 is 11.9 Å². The largest absolute Gasteiger partial charge is 0.466 e. The van der Waals surface area contributed by atoms with Crippen LogP contribution >= 0.6 is 0 Å². The van der Waals surface area contributed by atoms with Crippen LogP contribution < -0.4 is 5.32 Å². The summed E-state index contributed by atoms with van der Waals surface area (Å²) in [5.41, 5.74) is 2.31. The van der Waals surface area contributed by atoms with Gasteiger partial charge in [0.15, 0.2) is 0 Å². The van der Waals surface area contributed by atoms with Gasteiger partial charge < -0.3 is 10.1 Å². The summed E-state index contributed by atoms with van der Waals surface area (Å²) in [6.07, 6.45) is 1.54. The quantitative estimate of drug-likeness (QED) is 0.814. The molecular weight excluding hydrogens is 292 g/mol. The average molecular weight is 318 g/mol. The number of nitrogens with zero attached hydrogens (tertiary/aromatic N) is 1. The number of piperidine rings is 1. The number of rotatable bonds is 6. The van der Waals surface area contributed by atoms with E-state index in [0.29, 0.717) is 19.7 Å². The van der Waals surface area contributed by atoms with E-state index >= 15 is 0 Å². The molecule has 0 saturated carbocycles. The van der Waals surface area contributed by atoms with Gasteiger partial charge in [-0.25, -0.2) is 0 Å². The van der Waals surface area contributed by atoms with Gasteiger partial charge in [0.1, 0.15) is 0 Å². The summed E-state index contributed by atoms with van der Waals surface area (Å²) < 4.78 is 5.06. The van der Waals surface area contributed by atoms with Gasteiger partial charge in [0.2, 0.25) is 5.91 Å². The highest BCUT2D eigenvalue weighted by atomic mass is 16.5. The van der Waals surface area contributed by atoms with Crippen LogP contribution in [0.2, 0.25) is 0 Å². The summed E-state index contributed by atoms with van der Waals surface area (Å²) in [6.45, 7) is 6.77. The predicted molar refractivity (Wildman–Crippen MR) is 88.8 cm³/mol. The van der Waals surface area contributed by atoms with Crippen LogP contribution in [-0.2, 0) is 20.9 Å². The minimum atomic E-state index is -0.101. The Bertz CT molecular complexity index is 520. The summed E-state index contributed by atoms with van der Waals surface area (Å²) in [4.78, 5) is 25.8. The molecule has 0 spiro atoms. The van der Waals surface area contributed by atoms with Crippen molar-refractivity contribution < 1.29 is 14.3 Å². The van der Waals surface area contributed by atoms with Gasteiger partial charge in [0, 0.05) is 6.54 Å². The lowest BCUT2D eigenvalue weighted by molar-refractivity contribution is -0.149. The summed E-state index contributed by atoms with van der Waals surface area (Å²) in [5, 5.41) is 2.95. The number of hydrogen-bond donors (Lipinski definition) is 1. The second-order valence-electron chi connectivity index (χ2n) is 6.06. The van der Waals surface area contributed by atoms with Crippen LogP contribution in [0.5, 0.6) is 0 Å². The Hall–Kier alpha value is -1.88. The standard InChI is InChI=1S/C18H26N2O3/c1-3-23-18(22)16-8-10-20(11-9-16)13-17(21)19-12-15-6-4-14(2)5-7-15/h4-7,16H,3,8-13H2,1-2H3,(H,19,21). The molecule has 5 heteroatoms. The summed E-state index contributed by atoms with van der Waals surface area (Å²) in [7, 11) is 0. The number of amides is 1. The highest BCUT2D eigenvalue weighted by Gasteiger charge is 2.26. The summed E-state index contributed by atoms with van der Waals surface area (Å²) >= 11 is 0. The average Bonchev–Trinajstić information content (AvgIpc) is 2.55. The second-order valence-corrected chi connectivity index (χ2v) is 6.06. The monoisotopic (exact) mass is 318 g/mol. The zero-order valence-corrected chi connectivity index (χ0v) is 14.0. The lowest BCUT2D eigenvalue weighted by Gasteiger charge is -2.30. The molecule has 23 heavy (non-hydrogen) atoms. The molecule has 0 aromatic heterocycles. The Labute approximate surface area is 138 Å². The molecule has 1 aliphatic rings. The molecule has 1 aromatic rings. The van der Waals surface area contributed by atoms with Crippen molar-refractivity contribution in [2.45, 2.75) is 33.2 Å². The molecule has 126 valence electrons. The molecule has 5 nitrogen and oxygen atoms in total. The van der Waals surface area contributed by atoms with Crippen LogP contribution in [0.1, 0.15) is 30.9 Å². The Balaban J connectivity index is 1.68. The van der Waals surface area contributed by atoms with Crippen molar-refractivity contribution in [1.29, 1.82) is 0 Å². The van der Waals surface area contributed by atoms with Gasteiger partial charge in [-0.15, -0.1) is 0 Å². The third kappa shape index (κ3) is 5.67. The zero-order valence-electron chi connectivity index (χ0n) is 14.0. The Kier molecular flexibility index (Phi) is 6.59. The molecule has 0 unspecified atom stereocenters. The van der Waals surface area contributed by atoms with Gasteiger partial charge in [-0.2, -0.15) is 0 Å². The van der Waals surface area contributed by atoms with Gasteiger partial charge in [-0.3, -0.25) is 14.5 Å². The number of carbonyl (C=O) groups excluding carboxylic acids is 2. The first-order chi connectivity index (χ1) is 11.1. The van der Waals surface area contributed by atoms with Gasteiger partial charge in [-0.05, 0) is 45.3 Å². The van der Waals surface area contributed by atoms with Crippen LogP contribution in [0.4, 0.5) is 0 Å². The zero-order chi connectivity index (χ0) is 16.7. The maximum absolute atomic E-state index is 12.0. The van der Waals surface area contributed by atoms with Gasteiger partial charge in [-0.1, -0.05) is 29.8 Å². The van der Waals surface area contributed by atoms with Crippen molar-refractivity contribution in [3.05, 3.63) is 35.4 Å². The van der Waals surface area contributed by atoms with Crippen LogP contribution in [0.3, 0.4) is 0 Å². The molecular formula is C18H26N2O3. The Morgan fingerprint density at radius 1 is 1.22 bits per heavy atom. The fraction of sp³-hybridized carbons (Fsp3) is 0.556. The third-order valence-corrected chi connectivity index (χ3v) is 4.19. The molecule has 1 fully saturated rings. The van der Waals surface area contributed by atoms with E-state index in [1.165, 1.54) is 5.56 Å².